The van der Waals surface area contributed by atoms with Crippen molar-refractivity contribution >= 4 is 11.4 Å². The van der Waals surface area contributed by atoms with E-state index in [0.717, 1.165) is 6.42 Å². The highest BCUT2D eigenvalue weighted by molar-refractivity contribution is 5.65. The van der Waals surface area contributed by atoms with Gasteiger partial charge in [0.2, 0.25) is 0 Å². The molecule has 2 aromatic carbocycles. The van der Waals surface area contributed by atoms with E-state index in [9.17, 15) is 0 Å². The van der Waals surface area contributed by atoms with E-state index in [1.165, 1.54) is 5.56 Å². The van der Waals surface area contributed by atoms with Crippen molar-refractivity contribution in [1.29, 1.82) is 0 Å². The molecule has 2 rings (SSSR count). The second kappa shape index (κ2) is 5.52. The SMILES string of the molecule is CCc1ccc(Oc2ccc(N)c(N)c2)c(OC)c1. The largest absolute Gasteiger partial charge is 0.493 e. The lowest BCUT2D eigenvalue weighted by atomic mass is 10.1. The van der Waals surface area contributed by atoms with Gasteiger partial charge in [-0.2, -0.15) is 0 Å². The molecule has 0 spiro atoms. The summed E-state index contributed by atoms with van der Waals surface area (Å²) in [4.78, 5) is 0. The second-order valence-electron chi connectivity index (χ2n) is 4.23. The van der Waals surface area contributed by atoms with Crippen molar-refractivity contribution in [2.75, 3.05) is 18.6 Å². The third-order valence-electron chi connectivity index (χ3n) is 2.92. The zero-order valence-corrected chi connectivity index (χ0v) is 11.1. The summed E-state index contributed by atoms with van der Waals surface area (Å²) >= 11 is 0. The molecular weight excluding hydrogens is 240 g/mol. The van der Waals surface area contributed by atoms with Crippen molar-refractivity contribution < 1.29 is 9.47 Å². The Kier molecular flexibility index (Phi) is 3.80. The van der Waals surface area contributed by atoms with Crippen LogP contribution in [0.1, 0.15) is 12.5 Å². The van der Waals surface area contributed by atoms with Gasteiger partial charge in [0.25, 0.3) is 0 Å². The van der Waals surface area contributed by atoms with E-state index in [4.69, 9.17) is 20.9 Å². The maximum atomic E-state index is 5.78. The average molecular weight is 258 g/mol. The van der Waals surface area contributed by atoms with Crippen LogP contribution in [0.15, 0.2) is 36.4 Å². The number of aryl methyl sites for hydroxylation is 1. The number of nitrogen functional groups attached to an aromatic ring is 2. The molecule has 0 saturated heterocycles. The molecule has 0 atom stereocenters. The van der Waals surface area contributed by atoms with Crippen molar-refractivity contribution in [3.8, 4) is 17.2 Å². The summed E-state index contributed by atoms with van der Waals surface area (Å²) in [6, 6.07) is 11.1. The van der Waals surface area contributed by atoms with Crippen LogP contribution in [0.5, 0.6) is 17.2 Å². The van der Waals surface area contributed by atoms with Crippen LogP contribution in [-0.2, 0) is 6.42 Å². The molecule has 0 unspecified atom stereocenters. The Bertz CT molecular complexity index is 582. The van der Waals surface area contributed by atoms with E-state index in [1.54, 1.807) is 25.3 Å². The first-order chi connectivity index (χ1) is 9.13. The fourth-order valence-corrected chi connectivity index (χ4v) is 1.76. The molecule has 0 saturated carbocycles. The van der Waals surface area contributed by atoms with E-state index < -0.39 is 0 Å². The van der Waals surface area contributed by atoms with E-state index in [0.29, 0.717) is 28.6 Å². The van der Waals surface area contributed by atoms with Crippen LogP contribution in [0.3, 0.4) is 0 Å². The van der Waals surface area contributed by atoms with Crippen molar-refractivity contribution in [3.63, 3.8) is 0 Å². The predicted molar refractivity (Wildman–Crippen MR) is 77.7 cm³/mol. The molecule has 0 aliphatic heterocycles. The number of nitrogens with two attached hydrogens (primary N) is 2. The molecule has 0 aliphatic carbocycles. The zero-order valence-electron chi connectivity index (χ0n) is 11.1. The third kappa shape index (κ3) is 2.91. The molecule has 100 valence electrons. The minimum absolute atomic E-state index is 0.502. The highest BCUT2D eigenvalue weighted by atomic mass is 16.5. The van der Waals surface area contributed by atoms with Gasteiger partial charge in [-0.05, 0) is 36.2 Å². The van der Waals surface area contributed by atoms with E-state index in [2.05, 4.69) is 6.92 Å². The van der Waals surface area contributed by atoms with Crippen LogP contribution < -0.4 is 20.9 Å². The molecule has 0 aromatic heterocycles. The molecule has 0 fully saturated rings. The predicted octanol–water partition coefficient (Wildman–Crippen LogP) is 3.21. The number of anilines is 2. The van der Waals surface area contributed by atoms with Crippen LogP contribution in [0, 0.1) is 0 Å². The molecule has 4 N–H and O–H groups in total. The van der Waals surface area contributed by atoms with Gasteiger partial charge in [0.05, 0.1) is 18.5 Å². The molecule has 0 heterocycles. The summed E-state index contributed by atoms with van der Waals surface area (Å²) in [5.74, 6) is 1.99. The quantitative estimate of drug-likeness (QED) is 0.826. The summed E-state index contributed by atoms with van der Waals surface area (Å²) in [5, 5.41) is 0. The van der Waals surface area contributed by atoms with Crippen molar-refractivity contribution in [1.82, 2.24) is 0 Å². The zero-order chi connectivity index (χ0) is 13.8. The molecule has 0 aliphatic rings. The van der Waals surface area contributed by atoms with Crippen LogP contribution in [0.2, 0.25) is 0 Å². The van der Waals surface area contributed by atoms with Gasteiger partial charge in [-0.1, -0.05) is 13.0 Å². The Labute approximate surface area is 112 Å². The van der Waals surface area contributed by atoms with Gasteiger partial charge in [0.1, 0.15) is 5.75 Å². The minimum Gasteiger partial charge on any atom is -0.493 e. The van der Waals surface area contributed by atoms with Crippen LogP contribution in [0.4, 0.5) is 11.4 Å². The summed E-state index contributed by atoms with van der Waals surface area (Å²) in [5.41, 5.74) is 13.7. The minimum atomic E-state index is 0.502. The van der Waals surface area contributed by atoms with Crippen LogP contribution >= 0.6 is 0 Å². The number of rotatable bonds is 4. The number of hydrogen-bond donors (Lipinski definition) is 2. The molecule has 0 bridgehead atoms. The third-order valence-corrected chi connectivity index (χ3v) is 2.92. The highest BCUT2D eigenvalue weighted by Crippen LogP contribution is 2.33. The molecule has 2 aromatic rings. The summed E-state index contributed by atoms with van der Waals surface area (Å²) in [6.07, 6.45) is 0.950. The highest BCUT2D eigenvalue weighted by Gasteiger charge is 2.07. The van der Waals surface area contributed by atoms with E-state index in [-0.39, 0.29) is 0 Å². The standard InChI is InChI=1S/C15H18N2O2/c1-3-10-4-7-14(15(8-10)18-2)19-11-5-6-12(16)13(17)9-11/h4-9H,3,16-17H2,1-2H3. The average Bonchev–Trinajstić information content (AvgIpc) is 2.43. The Balaban J connectivity index is 2.29. The number of benzene rings is 2. The maximum absolute atomic E-state index is 5.78. The van der Waals surface area contributed by atoms with E-state index in [1.807, 2.05) is 18.2 Å². The van der Waals surface area contributed by atoms with Gasteiger partial charge in [0.15, 0.2) is 11.5 Å². The number of hydrogen-bond acceptors (Lipinski definition) is 4. The van der Waals surface area contributed by atoms with Gasteiger partial charge in [-0.25, -0.2) is 0 Å². The molecule has 0 radical (unpaired) electrons. The fraction of sp³-hybridized carbons (Fsp3) is 0.200. The van der Waals surface area contributed by atoms with E-state index >= 15 is 0 Å². The fourth-order valence-electron chi connectivity index (χ4n) is 1.76. The Morgan fingerprint density at radius 2 is 1.74 bits per heavy atom. The molecule has 4 heteroatoms. The van der Waals surface area contributed by atoms with Gasteiger partial charge in [-0.15, -0.1) is 0 Å². The van der Waals surface area contributed by atoms with Crippen LogP contribution in [-0.4, -0.2) is 7.11 Å². The second-order valence-corrected chi connectivity index (χ2v) is 4.23. The molecule has 0 amide bonds. The first-order valence-corrected chi connectivity index (χ1v) is 6.13. The Hall–Kier alpha value is -2.36. The van der Waals surface area contributed by atoms with Gasteiger partial charge in [0, 0.05) is 6.07 Å². The van der Waals surface area contributed by atoms with Crippen molar-refractivity contribution in [2.45, 2.75) is 13.3 Å². The van der Waals surface area contributed by atoms with Crippen molar-refractivity contribution in [2.24, 2.45) is 0 Å². The summed E-state index contributed by atoms with van der Waals surface area (Å²) in [6.45, 7) is 2.09. The van der Waals surface area contributed by atoms with Crippen LogP contribution in [0.25, 0.3) is 0 Å². The van der Waals surface area contributed by atoms with Gasteiger partial charge in [-0.3, -0.25) is 0 Å². The lowest BCUT2D eigenvalue weighted by molar-refractivity contribution is 0.378. The van der Waals surface area contributed by atoms with Gasteiger partial charge < -0.3 is 20.9 Å². The Morgan fingerprint density at radius 1 is 0.947 bits per heavy atom. The first-order valence-electron chi connectivity index (χ1n) is 6.13. The molecule has 4 nitrogen and oxygen atoms in total. The smallest absolute Gasteiger partial charge is 0.169 e. The lowest BCUT2D eigenvalue weighted by Gasteiger charge is -2.12. The Morgan fingerprint density at radius 3 is 2.37 bits per heavy atom. The number of ether oxygens (including phenoxy) is 2. The van der Waals surface area contributed by atoms with Gasteiger partial charge >= 0.3 is 0 Å². The summed E-state index contributed by atoms with van der Waals surface area (Å²) < 4.78 is 11.1. The lowest BCUT2D eigenvalue weighted by Crippen LogP contribution is -1.96. The summed E-state index contributed by atoms with van der Waals surface area (Å²) in [7, 11) is 1.62. The van der Waals surface area contributed by atoms with Crippen molar-refractivity contribution in [3.05, 3.63) is 42.0 Å². The first kappa shape index (κ1) is 13.1. The number of methoxy groups -OCH3 is 1. The molecule has 19 heavy (non-hydrogen) atoms. The maximum Gasteiger partial charge on any atom is 0.169 e. The normalized spacial score (nSPS) is 10.2. The monoisotopic (exact) mass is 258 g/mol. The molecular formula is C15H18N2O2. The topological polar surface area (TPSA) is 70.5 Å².